The number of benzene rings is 9. The monoisotopic (exact) mass is 780 g/mol. The van der Waals surface area contributed by atoms with Gasteiger partial charge in [0.05, 0.1) is 16.8 Å². The second-order valence-corrected chi connectivity index (χ2v) is 15.5. The van der Waals surface area contributed by atoms with Crippen molar-refractivity contribution in [1.82, 2.24) is 15.0 Å². The molecule has 0 saturated heterocycles. The van der Waals surface area contributed by atoms with Crippen LogP contribution in [-0.2, 0) is 5.41 Å². The summed E-state index contributed by atoms with van der Waals surface area (Å²) >= 11 is 0. The number of fused-ring (bicyclic) bond motifs is 7. The van der Waals surface area contributed by atoms with E-state index in [1.165, 1.54) is 27.5 Å². The van der Waals surface area contributed by atoms with Crippen molar-refractivity contribution in [2.45, 2.75) is 5.41 Å². The summed E-state index contributed by atoms with van der Waals surface area (Å²) < 4.78 is 7.03. The molecule has 0 saturated carbocycles. The summed E-state index contributed by atoms with van der Waals surface area (Å²) in [6.45, 7) is 0. The number of aromatic nitrogens is 3. The minimum absolute atomic E-state index is 0.618. The third-order valence-corrected chi connectivity index (χ3v) is 12.2. The standard InChI is InChI=1S/C56H36N4O/c1-4-18-37(19-5-1)53-57-54(38-20-6-2-7-21-38)59-55(58-53)39-32-34-42(35-33-39)60-48-29-15-13-27-45(48)56(41-23-8-3-9-24-41,46-28-14-16-30-49(46)60)47-36-40-22-10-11-25-43(40)51-44-26-12-17-31-50(44)61-52(47)51/h1-36H. The lowest BCUT2D eigenvalue weighted by atomic mass is 9.62. The second-order valence-electron chi connectivity index (χ2n) is 15.5. The fourth-order valence-electron chi connectivity index (χ4n) is 9.52. The van der Waals surface area contributed by atoms with E-state index in [9.17, 15) is 0 Å². The lowest BCUT2D eigenvalue weighted by molar-refractivity contribution is 0.644. The van der Waals surface area contributed by atoms with Gasteiger partial charge in [-0.05, 0) is 76.0 Å². The van der Waals surface area contributed by atoms with E-state index in [2.05, 4.69) is 163 Å². The summed E-state index contributed by atoms with van der Waals surface area (Å²) in [5.74, 6) is 1.89. The number of nitrogens with zero attached hydrogens (tertiary/aromatic N) is 4. The van der Waals surface area contributed by atoms with Crippen LogP contribution in [0.3, 0.4) is 0 Å². The van der Waals surface area contributed by atoms with Gasteiger partial charge < -0.3 is 9.32 Å². The zero-order valence-electron chi connectivity index (χ0n) is 33.0. The zero-order valence-corrected chi connectivity index (χ0v) is 33.0. The molecule has 0 radical (unpaired) electrons. The number of hydrogen-bond donors (Lipinski definition) is 0. The molecule has 1 aliphatic rings. The van der Waals surface area contributed by atoms with Crippen LogP contribution in [0.25, 0.3) is 66.9 Å². The Morgan fingerprint density at radius 2 is 0.869 bits per heavy atom. The van der Waals surface area contributed by atoms with Gasteiger partial charge in [0.15, 0.2) is 17.5 Å². The molecule has 5 nitrogen and oxygen atoms in total. The summed E-state index contributed by atoms with van der Waals surface area (Å²) in [4.78, 5) is 17.3. The Kier molecular flexibility index (Phi) is 8.00. The van der Waals surface area contributed by atoms with E-state index in [1.54, 1.807) is 0 Å². The van der Waals surface area contributed by atoms with Crippen LogP contribution in [0, 0.1) is 0 Å². The van der Waals surface area contributed by atoms with Crippen LogP contribution in [0.2, 0.25) is 0 Å². The molecule has 0 fully saturated rings. The fraction of sp³-hybridized carbons (Fsp3) is 0.0179. The van der Waals surface area contributed by atoms with Gasteiger partial charge in [-0.25, -0.2) is 15.0 Å². The van der Waals surface area contributed by atoms with Gasteiger partial charge in [0.25, 0.3) is 0 Å². The molecule has 2 aromatic heterocycles. The van der Waals surface area contributed by atoms with Crippen LogP contribution in [0.1, 0.15) is 22.3 Å². The van der Waals surface area contributed by atoms with Crippen LogP contribution in [0.15, 0.2) is 223 Å². The van der Waals surface area contributed by atoms with Gasteiger partial charge in [0.2, 0.25) is 0 Å². The Balaban J connectivity index is 1.08. The average molecular weight is 781 g/mol. The van der Waals surface area contributed by atoms with Gasteiger partial charge in [0, 0.05) is 38.7 Å². The molecule has 1 aliphatic heterocycles. The van der Waals surface area contributed by atoms with Crippen LogP contribution in [0.5, 0.6) is 0 Å². The van der Waals surface area contributed by atoms with Crippen LogP contribution < -0.4 is 4.90 Å². The molecule has 0 spiro atoms. The lowest BCUT2D eigenvalue weighted by Crippen LogP contribution is -2.37. The molecule has 0 atom stereocenters. The second kappa shape index (κ2) is 14.0. The molecular formula is C56H36N4O. The van der Waals surface area contributed by atoms with E-state index in [-0.39, 0.29) is 0 Å². The molecule has 286 valence electrons. The van der Waals surface area contributed by atoms with Crippen molar-refractivity contribution in [3.8, 4) is 34.2 Å². The highest BCUT2D eigenvalue weighted by Crippen LogP contribution is 2.59. The third-order valence-electron chi connectivity index (χ3n) is 12.2. The molecule has 0 aliphatic carbocycles. The van der Waals surface area contributed by atoms with E-state index in [0.29, 0.717) is 17.5 Å². The summed E-state index contributed by atoms with van der Waals surface area (Å²) in [5.41, 5.74) is 11.6. The summed E-state index contributed by atoms with van der Waals surface area (Å²) in [5, 5.41) is 4.60. The van der Waals surface area contributed by atoms with E-state index >= 15 is 0 Å². The molecule has 3 heterocycles. The third kappa shape index (κ3) is 5.44. The molecular weight excluding hydrogens is 745 g/mol. The average Bonchev–Trinajstić information content (AvgIpc) is 3.74. The first-order valence-corrected chi connectivity index (χ1v) is 20.6. The smallest absolute Gasteiger partial charge is 0.164 e. The van der Waals surface area contributed by atoms with E-state index in [0.717, 1.165) is 61.3 Å². The van der Waals surface area contributed by atoms with Crippen LogP contribution in [-0.4, -0.2) is 15.0 Å². The molecule has 11 aromatic rings. The maximum Gasteiger partial charge on any atom is 0.164 e. The minimum Gasteiger partial charge on any atom is -0.456 e. The number of rotatable bonds is 6. The molecule has 61 heavy (non-hydrogen) atoms. The molecule has 5 heteroatoms. The highest BCUT2D eigenvalue weighted by molar-refractivity contribution is 6.20. The van der Waals surface area contributed by atoms with Crippen molar-refractivity contribution in [3.63, 3.8) is 0 Å². The van der Waals surface area contributed by atoms with Crippen LogP contribution in [0.4, 0.5) is 17.1 Å². The van der Waals surface area contributed by atoms with Crippen molar-refractivity contribution < 1.29 is 4.42 Å². The molecule has 0 amide bonds. The first-order valence-electron chi connectivity index (χ1n) is 20.6. The minimum atomic E-state index is -0.742. The quantitative estimate of drug-likeness (QED) is 0.168. The van der Waals surface area contributed by atoms with Crippen molar-refractivity contribution in [3.05, 3.63) is 241 Å². The summed E-state index contributed by atoms with van der Waals surface area (Å²) in [7, 11) is 0. The Labute approximate surface area is 352 Å². The van der Waals surface area contributed by atoms with Gasteiger partial charge in [-0.3, -0.25) is 0 Å². The van der Waals surface area contributed by atoms with E-state index in [4.69, 9.17) is 19.4 Å². The van der Waals surface area contributed by atoms with Crippen molar-refractivity contribution in [1.29, 1.82) is 0 Å². The predicted octanol–water partition coefficient (Wildman–Crippen LogP) is 14.1. The summed E-state index contributed by atoms with van der Waals surface area (Å²) in [6.07, 6.45) is 0. The number of para-hydroxylation sites is 3. The number of hydrogen-bond acceptors (Lipinski definition) is 5. The highest BCUT2D eigenvalue weighted by Gasteiger charge is 2.48. The van der Waals surface area contributed by atoms with Crippen molar-refractivity contribution >= 4 is 49.8 Å². The number of anilines is 3. The predicted molar refractivity (Wildman–Crippen MR) is 247 cm³/mol. The Morgan fingerprint density at radius 1 is 0.393 bits per heavy atom. The van der Waals surface area contributed by atoms with Gasteiger partial charge in [-0.1, -0.05) is 170 Å². The zero-order chi connectivity index (χ0) is 40.3. The fourth-order valence-corrected chi connectivity index (χ4v) is 9.52. The SMILES string of the molecule is c1ccc(-c2nc(-c3ccccc3)nc(-c3ccc(N4c5ccccc5C(c5ccccc5)(c5cc6ccccc6c6c5oc5ccccc56)c5ccccc54)cc3)n2)cc1. The molecule has 9 aromatic carbocycles. The lowest BCUT2D eigenvalue weighted by Gasteiger charge is -2.46. The highest BCUT2D eigenvalue weighted by atomic mass is 16.3. The maximum absolute atomic E-state index is 7.03. The topological polar surface area (TPSA) is 55.1 Å². The van der Waals surface area contributed by atoms with Crippen LogP contribution >= 0.6 is 0 Å². The molecule has 0 N–H and O–H groups in total. The molecule has 0 bridgehead atoms. The van der Waals surface area contributed by atoms with Gasteiger partial charge >= 0.3 is 0 Å². The van der Waals surface area contributed by atoms with Gasteiger partial charge in [-0.2, -0.15) is 0 Å². The Bertz CT molecular complexity index is 3310. The van der Waals surface area contributed by atoms with Gasteiger partial charge in [0.1, 0.15) is 11.2 Å². The Hall–Kier alpha value is -8.15. The van der Waals surface area contributed by atoms with Crippen molar-refractivity contribution in [2.75, 3.05) is 4.90 Å². The first-order chi connectivity index (χ1) is 30.3. The van der Waals surface area contributed by atoms with E-state index in [1.807, 2.05) is 60.7 Å². The first kappa shape index (κ1) is 34.9. The normalized spacial score (nSPS) is 13.0. The number of furan rings is 1. The van der Waals surface area contributed by atoms with E-state index < -0.39 is 5.41 Å². The molecule has 0 unspecified atom stereocenters. The largest absolute Gasteiger partial charge is 0.456 e. The van der Waals surface area contributed by atoms with Gasteiger partial charge in [-0.15, -0.1) is 0 Å². The Morgan fingerprint density at radius 3 is 1.48 bits per heavy atom. The van der Waals surface area contributed by atoms with Crippen molar-refractivity contribution in [2.24, 2.45) is 0 Å². The summed E-state index contributed by atoms with van der Waals surface area (Å²) in [6, 6.07) is 76.9. The maximum atomic E-state index is 7.03. The molecule has 12 rings (SSSR count).